The number of amides is 1. The molecule has 9 heteroatoms. The van der Waals surface area contributed by atoms with Crippen LogP contribution in [-0.2, 0) is 0 Å². The molecule has 0 saturated carbocycles. The fraction of sp³-hybridized carbons (Fsp3) is 0.118. The lowest BCUT2D eigenvalue weighted by molar-refractivity contribution is 0.0696. The molecule has 26 heavy (non-hydrogen) atoms. The molecular formula is C17H14N2O6S. The zero-order chi connectivity index (χ0) is 18.7. The lowest BCUT2D eigenvalue weighted by atomic mass is 10.2. The van der Waals surface area contributed by atoms with E-state index in [9.17, 15) is 9.59 Å². The summed E-state index contributed by atoms with van der Waals surface area (Å²) in [5, 5.41) is 14.4. The Kier molecular flexibility index (Phi) is 4.90. The van der Waals surface area contributed by atoms with Gasteiger partial charge in [0.25, 0.3) is 5.91 Å². The number of carbonyl (C=O) groups is 2. The minimum Gasteiger partial charge on any atom is -0.495 e. The van der Waals surface area contributed by atoms with Crippen LogP contribution in [0.15, 0.2) is 36.4 Å². The molecule has 2 aromatic carbocycles. The summed E-state index contributed by atoms with van der Waals surface area (Å²) < 4.78 is 15.6. The molecule has 0 radical (unpaired) electrons. The molecule has 0 atom stereocenters. The fourth-order valence-corrected chi connectivity index (χ4v) is 2.51. The first-order valence-electron chi connectivity index (χ1n) is 7.41. The van der Waals surface area contributed by atoms with Crippen LogP contribution in [0, 0.1) is 0 Å². The Hall–Kier alpha value is -3.33. The van der Waals surface area contributed by atoms with Crippen LogP contribution in [0.4, 0.5) is 5.69 Å². The van der Waals surface area contributed by atoms with Gasteiger partial charge in [-0.1, -0.05) is 0 Å². The molecule has 1 heterocycles. The summed E-state index contributed by atoms with van der Waals surface area (Å²) in [4.78, 5) is 23.4. The topological polar surface area (TPSA) is 106 Å². The van der Waals surface area contributed by atoms with Gasteiger partial charge in [0.15, 0.2) is 16.6 Å². The van der Waals surface area contributed by atoms with Crippen LogP contribution in [0.5, 0.6) is 17.2 Å². The lowest BCUT2D eigenvalue weighted by Gasteiger charge is -2.13. The normalized spacial score (nSPS) is 11.6. The number of carboxylic acid groups (broad SMARTS) is 1. The van der Waals surface area contributed by atoms with Crippen molar-refractivity contribution in [3.8, 4) is 17.2 Å². The number of thiocarbonyl (C=S) groups is 1. The van der Waals surface area contributed by atoms with Gasteiger partial charge in [0, 0.05) is 5.56 Å². The molecule has 2 aromatic rings. The van der Waals surface area contributed by atoms with Crippen molar-refractivity contribution in [3.05, 3.63) is 47.5 Å². The van der Waals surface area contributed by atoms with E-state index in [2.05, 4.69) is 10.6 Å². The maximum Gasteiger partial charge on any atom is 0.335 e. The van der Waals surface area contributed by atoms with Gasteiger partial charge in [-0.25, -0.2) is 4.79 Å². The van der Waals surface area contributed by atoms with Crippen molar-refractivity contribution in [2.45, 2.75) is 0 Å². The van der Waals surface area contributed by atoms with E-state index in [4.69, 9.17) is 31.5 Å². The highest BCUT2D eigenvalue weighted by Gasteiger charge is 2.17. The van der Waals surface area contributed by atoms with Crippen LogP contribution >= 0.6 is 12.2 Å². The van der Waals surface area contributed by atoms with Crippen LogP contribution in [0.25, 0.3) is 0 Å². The minimum absolute atomic E-state index is 0.00601. The molecule has 0 fully saturated rings. The van der Waals surface area contributed by atoms with Crippen molar-refractivity contribution in [2.24, 2.45) is 0 Å². The summed E-state index contributed by atoms with van der Waals surface area (Å²) in [6.07, 6.45) is 0. The van der Waals surface area contributed by atoms with E-state index < -0.39 is 11.9 Å². The zero-order valence-electron chi connectivity index (χ0n) is 13.6. The maximum absolute atomic E-state index is 12.3. The number of aromatic carboxylic acids is 1. The Morgan fingerprint density at radius 1 is 1.12 bits per heavy atom. The van der Waals surface area contributed by atoms with Crippen LogP contribution < -0.4 is 24.8 Å². The monoisotopic (exact) mass is 374 g/mol. The number of benzene rings is 2. The second-order valence-corrected chi connectivity index (χ2v) is 5.60. The molecule has 0 spiro atoms. The van der Waals surface area contributed by atoms with E-state index in [1.165, 1.54) is 25.3 Å². The Bertz CT molecular complexity index is 899. The van der Waals surface area contributed by atoms with E-state index >= 15 is 0 Å². The Morgan fingerprint density at radius 2 is 1.85 bits per heavy atom. The third kappa shape index (κ3) is 3.67. The summed E-state index contributed by atoms with van der Waals surface area (Å²) in [5.41, 5.74) is 0.714. The van der Waals surface area contributed by atoms with Crippen molar-refractivity contribution in [1.29, 1.82) is 0 Å². The van der Waals surface area contributed by atoms with Gasteiger partial charge in [-0.2, -0.15) is 0 Å². The van der Waals surface area contributed by atoms with Gasteiger partial charge < -0.3 is 24.6 Å². The highest BCUT2D eigenvalue weighted by molar-refractivity contribution is 7.80. The Balaban J connectivity index is 1.71. The van der Waals surface area contributed by atoms with E-state index in [-0.39, 0.29) is 17.5 Å². The summed E-state index contributed by atoms with van der Waals surface area (Å²) in [5.74, 6) is -0.111. The summed E-state index contributed by atoms with van der Waals surface area (Å²) in [6, 6.07) is 9.02. The first-order valence-corrected chi connectivity index (χ1v) is 7.82. The predicted molar refractivity (Wildman–Crippen MR) is 96.2 cm³/mol. The lowest BCUT2D eigenvalue weighted by Crippen LogP contribution is -2.34. The molecule has 1 amide bonds. The summed E-state index contributed by atoms with van der Waals surface area (Å²) in [6.45, 7) is 0.111. The number of anilines is 1. The first-order chi connectivity index (χ1) is 12.5. The van der Waals surface area contributed by atoms with Gasteiger partial charge in [-0.3, -0.25) is 10.1 Å². The van der Waals surface area contributed by atoms with Crippen molar-refractivity contribution in [3.63, 3.8) is 0 Å². The van der Waals surface area contributed by atoms with Crippen molar-refractivity contribution in [1.82, 2.24) is 5.32 Å². The largest absolute Gasteiger partial charge is 0.495 e. The zero-order valence-corrected chi connectivity index (χ0v) is 14.4. The molecular weight excluding hydrogens is 360 g/mol. The van der Waals surface area contributed by atoms with E-state index in [0.29, 0.717) is 28.5 Å². The van der Waals surface area contributed by atoms with Gasteiger partial charge in [0.2, 0.25) is 6.79 Å². The van der Waals surface area contributed by atoms with Crippen LogP contribution in [-0.4, -0.2) is 36.0 Å². The molecule has 0 unspecified atom stereocenters. The number of fused-ring (bicyclic) bond motifs is 1. The molecule has 1 aliphatic heterocycles. The second-order valence-electron chi connectivity index (χ2n) is 5.20. The highest BCUT2D eigenvalue weighted by Crippen LogP contribution is 2.32. The van der Waals surface area contributed by atoms with Crippen LogP contribution in [0.2, 0.25) is 0 Å². The van der Waals surface area contributed by atoms with E-state index in [1.807, 2.05) is 0 Å². The molecule has 0 saturated heterocycles. The Labute approximate surface area is 153 Å². The van der Waals surface area contributed by atoms with Crippen molar-refractivity contribution < 1.29 is 28.9 Å². The molecule has 0 aromatic heterocycles. The second kappa shape index (κ2) is 7.28. The van der Waals surface area contributed by atoms with Crippen LogP contribution in [0.1, 0.15) is 20.7 Å². The standard InChI is InChI=1S/C17H14N2O6S/c1-23-12-4-3-10(16(21)22)6-11(12)18-17(26)19-15(20)9-2-5-13-14(7-9)25-8-24-13/h2-7H,8H2,1H3,(H,21,22)(H2,18,19,20,26). The molecule has 0 bridgehead atoms. The molecule has 0 aliphatic carbocycles. The van der Waals surface area contributed by atoms with Gasteiger partial charge in [-0.05, 0) is 48.6 Å². The number of carbonyl (C=O) groups excluding carboxylic acids is 1. The summed E-state index contributed by atoms with van der Waals surface area (Å²) in [7, 11) is 1.44. The SMILES string of the molecule is COc1ccc(C(=O)O)cc1NC(=S)NC(=O)c1ccc2c(c1)OCO2. The van der Waals surface area contributed by atoms with Gasteiger partial charge in [0.1, 0.15) is 5.75 Å². The maximum atomic E-state index is 12.3. The van der Waals surface area contributed by atoms with Crippen molar-refractivity contribution >= 4 is 34.9 Å². The molecule has 134 valence electrons. The minimum atomic E-state index is -1.09. The first kappa shape index (κ1) is 17.5. The Morgan fingerprint density at radius 3 is 2.58 bits per heavy atom. The molecule has 3 rings (SSSR count). The number of methoxy groups -OCH3 is 1. The molecule has 8 nitrogen and oxygen atoms in total. The number of nitrogens with one attached hydrogen (secondary N) is 2. The number of ether oxygens (including phenoxy) is 3. The third-order valence-electron chi connectivity index (χ3n) is 3.56. The third-order valence-corrected chi connectivity index (χ3v) is 3.76. The summed E-state index contributed by atoms with van der Waals surface area (Å²) >= 11 is 5.13. The smallest absolute Gasteiger partial charge is 0.335 e. The number of carboxylic acids is 1. The van der Waals surface area contributed by atoms with Gasteiger partial charge in [0.05, 0.1) is 18.4 Å². The van der Waals surface area contributed by atoms with E-state index in [1.54, 1.807) is 18.2 Å². The van der Waals surface area contributed by atoms with Gasteiger partial charge in [-0.15, -0.1) is 0 Å². The number of hydrogen-bond acceptors (Lipinski definition) is 6. The van der Waals surface area contributed by atoms with Gasteiger partial charge >= 0.3 is 5.97 Å². The fourth-order valence-electron chi connectivity index (χ4n) is 2.31. The van der Waals surface area contributed by atoms with E-state index in [0.717, 1.165) is 0 Å². The average Bonchev–Trinajstić information content (AvgIpc) is 3.09. The number of rotatable bonds is 4. The quantitative estimate of drug-likeness (QED) is 0.700. The van der Waals surface area contributed by atoms with Crippen molar-refractivity contribution in [2.75, 3.05) is 19.2 Å². The average molecular weight is 374 g/mol. The molecule has 1 aliphatic rings. The predicted octanol–water partition coefficient (Wildman–Crippen LogP) is 2.25. The number of hydrogen-bond donors (Lipinski definition) is 3. The van der Waals surface area contributed by atoms with Crippen LogP contribution in [0.3, 0.4) is 0 Å². The highest BCUT2D eigenvalue weighted by atomic mass is 32.1. The molecule has 3 N–H and O–H groups in total.